The normalized spacial score (nSPS) is 10.4. The molecule has 0 aliphatic rings. The first-order valence-corrected chi connectivity index (χ1v) is 5.03. The minimum atomic E-state index is -0.487. The van der Waals surface area contributed by atoms with Gasteiger partial charge in [-0.05, 0) is 23.8 Å². The van der Waals surface area contributed by atoms with Crippen LogP contribution in [0.3, 0.4) is 0 Å². The summed E-state index contributed by atoms with van der Waals surface area (Å²) < 4.78 is 0. The van der Waals surface area contributed by atoms with E-state index in [2.05, 4.69) is 5.32 Å². The number of guanidine groups is 1. The van der Waals surface area contributed by atoms with E-state index in [0.29, 0.717) is 15.6 Å². The summed E-state index contributed by atoms with van der Waals surface area (Å²) in [5, 5.41) is 9.92. The number of nitrogens with one attached hydrogen (secondary N) is 2. The van der Waals surface area contributed by atoms with E-state index in [4.69, 9.17) is 34.3 Å². The molecule has 84 valence electrons. The molecule has 1 aromatic rings. The van der Waals surface area contributed by atoms with E-state index in [1.54, 1.807) is 18.2 Å². The van der Waals surface area contributed by atoms with Crippen LogP contribution in [0.2, 0.25) is 10.0 Å². The van der Waals surface area contributed by atoms with E-state index in [0.717, 1.165) is 0 Å². The Morgan fingerprint density at radius 1 is 1.44 bits per heavy atom. The standard InChI is InChI=1S/C10H9Cl2N3O/c11-7-3-1-6(8(12)5-7)2-4-9(16)15-10(13)14/h1-5H,(H4,13,14,15,16)/b4-2+. The lowest BCUT2D eigenvalue weighted by atomic mass is 10.2. The molecule has 0 fully saturated rings. The maximum atomic E-state index is 11.1. The first-order chi connectivity index (χ1) is 7.49. The molecule has 0 unspecified atom stereocenters. The molecule has 0 aliphatic carbocycles. The number of hydrogen-bond donors (Lipinski definition) is 3. The summed E-state index contributed by atoms with van der Waals surface area (Å²) in [6.45, 7) is 0. The molecule has 0 heterocycles. The molecule has 1 amide bonds. The summed E-state index contributed by atoms with van der Waals surface area (Å²) in [6, 6.07) is 4.92. The minimum absolute atomic E-state index is 0.406. The molecule has 1 rings (SSSR count). The van der Waals surface area contributed by atoms with Gasteiger partial charge in [-0.15, -0.1) is 0 Å². The Balaban J connectivity index is 2.76. The van der Waals surface area contributed by atoms with Crippen LogP contribution in [0.15, 0.2) is 24.3 Å². The highest BCUT2D eigenvalue weighted by atomic mass is 35.5. The van der Waals surface area contributed by atoms with Crippen molar-refractivity contribution in [3.8, 4) is 0 Å². The smallest absolute Gasteiger partial charge is 0.250 e. The van der Waals surface area contributed by atoms with Crippen LogP contribution in [0.4, 0.5) is 0 Å². The van der Waals surface area contributed by atoms with Crippen molar-refractivity contribution in [3.63, 3.8) is 0 Å². The van der Waals surface area contributed by atoms with E-state index in [1.165, 1.54) is 12.2 Å². The largest absolute Gasteiger partial charge is 0.370 e. The Morgan fingerprint density at radius 2 is 2.12 bits per heavy atom. The van der Waals surface area contributed by atoms with Gasteiger partial charge >= 0.3 is 0 Å². The Kier molecular flexibility index (Phi) is 4.34. The van der Waals surface area contributed by atoms with Crippen molar-refractivity contribution < 1.29 is 4.79 Å². The van der Waals surface area contributed by atoms with Crippen LogP contribution in [0, 0.1) is 5.41 Å². The fourth-order valence-electron chi connectivity index (χ4n) is 0.977. The molecule has 1 aromatic carbocycles. The van der Waals surface area contributed by atoms with Gasteiger partial charge in [0.15, 0.2) is 5.96 Å². The maximum absolute atomic E-state index is 11.1. The van der Waals surface area contributed by atoms with Crippen LogP contribution in [0.1, 0.15) is 5.56 Å². The van der Waals surface area contributed by atoms with Gasteiger partial charge in [0.25, 0.3) is 5.91 Å². The van der Waals surface area contributed by atoms with Crippen LogP contribution in [-0.2, 0) is 4.79 Å². The molecule has 0 saturated heterocycles. The Morgan fingerprint density at radius 3 is 2.69 bits per heavy atom. The molecule has 0 radical (unpaired) electrons. The first kappa shape index (κ1) is 12.5. The van der Waals surface area contributed by atoms with E-state index in [1.807, 2.05) is 0 Å². The van der Waals surface area contributed by atoms with Crippen molar-refractivity contribution >= 4 is 41.1 Å². The van der Waals surface area contributed by atoms with Gasteiger partial charge in [0.1, 0.15) is 0 Å². The lowest BCUT2D eigenvalue weighted by molar-refractivity contribution is -0.115. The molecule has 0 spiro atoms. The van der Waals surface area contributed by atoms with Gasteiger partial charge in [-0.2, -0.15) is 0 Å². The molecule has 0 atom stereocenters. The molecule has 0 bridgehead atoms. The van der Waals surface area contributed by atoms with E-state index in [9.17, 15) is 4.79 Å². The van der Waals surface area contributed by atoms with E-state index in [-0.39, 0.29) is 0 Å². The van der Waals surface area contributed by atoms with Crippen molar-refractivity contribution in [2.45, 2.75) is 0 Å². The highest BCUT2D eigenvalue weighted by Crippen LogP contribution is 2.21. The Bertz CT molecular complexity index is 457. The molecular weight excluding hydrogens is 249 g/mol. The number of carbonyl (C=O) groups excluding carboxylic acids is 1. The first-order valence-electron chi connectivity index (χ1n) is 4.27. The van der Waals surface area contributed by atoms with Crippen LogP contribution >= 0.6 is 23.2 Å². The summed E-state index contributed by atoms with van der Waals surface area (Å²) in [5.74, 6) is -0.893. The third-order valence-corrected chi connectivity index (χ3v) is 2.20. The van der Waals surface area contributed by atoms with Gasteiger partial charge in [-0.3, -0.25) is 15.5 Å². The topological polar surface area (TPSA) is 79.0 Å². The van der Waals surface area contributed by atoms with Gasteiger partial charge in [0, 0.05) is 16.1 Å². The van der Waals surface area contributed by atoms with E-state index >= 15 is 0 Å². The number of benzene rings is 1. The number of rotatable bonds is 2. The van der Waals surface area contributed by atoms with Gasteiger partial charge < -0.3 is 5.73 Å². The van der Waals surface area contributed by atoms with Crippen molar-refractivity contribution in [2.75, 3.05) is 0 Å². The fraction of sp³-hybridized carbons (Fsp3) is 0. The van der Waals surface area contributed by atoms with Gasteiger partial charge in [0.05, 0.1) is 0 Å². The fourth-order valence-corrected chi connectivity index (χ4v) is 1.45. The number of hydrogen-bond acceptors (Lipinski definition) is 2. The number of amides is 1. The molecule has 6 heteroatoms. The molecule has 4 N–H and O–H groups in total. The van der Waals surface area contributed by atoms with Crippen LogP contribution in [0.25, 0.3) is 6.08 Å². The second-order valence-corrected chi connectivity index (χ2v) is 3.75. The van der Waals surface area contributed by atoms with Crippen molar-refractivity contribution in [2.24, 2.45) is 5.73 Å². The molecule has 0 aromatic heterocycles. The van der Waals surface area contributed by atoms with Crippen molar-refractivity contribution in [1.82, 2.24) is 5.32 Å². The zero-order chi connectivity index (χ0) is 12.1. The highest BCUT2D eigenvalue weighted by molar-refractivity contribution is 6.35. The van der Waals surface area contributed by atoms with Gasteiger partial charge in [-0.25, -0.2) is 0 Å². The third kappa shape index (κ3) is 3.92. The second kappa shape index (κ2) is 5.53. The summed E-state index contributed by atoms with van der Waals surface area (Å²) in [5.41, 5.74) is 5.64. The quantitative estimate of drug-likeness (QED) is 0.431. The zero-order valence-corrected chi connectivity index (χ0v) is 9.64. The Labute approximate surface area is 103 Å². The van der Waals surface area contributed by atoms with Crippen LogP contribution in [-0.4, -0.2) is 11.9 Å². The average molecular weight is 258 g/mol. The summed E-state index contributed by atoms with van der Waals surface area (Å²) >= 11 is 11.6. The number of halogens is 2. The Hall–Kier alpha value is -1.52. The van der Waals surface area contributed by atoms with Gasteiger partial charge in [0.2, 0.25) is 0 Å². The average Bonchev–Trinajstić information content (AvgIpc) is 2.15. The van der Waals surface area contributed by atoms with E-state index < -0.39 is 11.9 Å². The van der Waals surface area contributed by atoms with Crippen molar-refractivity contribution in [3.05, 3.63) is 39.9 Å². The molecule has 4 nitrogen and oxygen atoms in total. The second-order valence-electron chi connectivity index (χ2n) is 2.90. The third-order valence-electron chi connectivity index (χ3n) is 1.63. The molecule has 0 aliphatic heterocycles. The minimum Gasteiger partial charge on any atom is -0.370 e. The van der Waals surface area contributed by atoms with Crippen molar-refractivity contribution in [1.29, 1.82) is 5.41 Å². The lowest BCUT2D eigenvalue weighted by Crippen LogP contribution is -2.34. The summed E-state index contributed by atoms with van der Waals surface area (Å²) in [7, 11) is 0. The summed E-state index contributed by atoms with van der Waals surface area (Å²) in [4.78, 5) is 11.1. The predicted octanol–water partition coefficient (Wildman–Crippen LogP) is 2.02. The zero-order valence-electron chi connectivity index (χ0n) is 8.13. The molecule has 0 saturated carbocycles. The van der Waals surface area contributed by atoms with Crippen LogP contribution in [0.5, 0.6) is 0 Å². The number of nitrogens with two attached hydrogens (primary N) is 1. The monoisotopic (exact) mass is 257 g/mol. The highest BCUT2D eigenvalue weighted by Gasteiger charge is 1.99. The van der Waals surface area contributed by atoms with Gasteiger partial charge in [-0.1, -0.05) is 29.3 Å². The lowest BCUT2D eigenvalue weighted by Gasteiger charge is -1.99. The molecule has 16 heavy (non-hydrogen) atoms. The maximum Gasteiger partial charge on any atom is 0.250 e. The van der Waals surface area contributed by atoms with Crippen LogP contribution < -0.4 is 11.1 Å². The predicted molar refractivity (Wildman–Crippen MR) is 65.6 cm³/mol. The molecular formula is C10H9Cl2N3O. The SMILES string of the molecule is N=C(N)NC(=O)/C=C/c1ccc(Cl)cc1Cl. The summed E-state index contributed by atoms with van der Waals surface area (Å²) in [6.07, 6.45) is 2.74. The number of carbonyl (C=O) groups is 1.